The van der Waals surface area contributed by atoms with E-state index in [4.69, 9.17) is 9.40 Å². The average Bonchev–Trinajstić information content (AvgIpc) is 3.73. The lowest BCUT2D eigenvalue weighted by molar-refractivity contribution is 0.0933. The predicted octanol–water partition coefficient (Wildman–Crippen LogP) is 3.90. The standard InChI is InChI=1S/C27H22N8O2/c36-27(33-25(16-34-18-29-17-31-34)19-6-2-1-3-7-19)22-12-24(20-8-4-10-28-13-20)32-26-23(22)14-30-35(26)15-21-9-5-11-37-21/h1-14,17-18,25H,15-16H2,(H,33,36). The molecule has 5 aromatic heterocycles. The minimum absolute atomic E-state index is 0.246. The maximum Gasteiger partial charge on any atom is 0.252 e. The van der Waals surface area contributed by atoms with Gasteiger partial charge >= 0.3 is 0 Å². The topological polar surface area (TPSA) is 117 Å². The second-order valence-corrected chi connectivity index (χ2v) is 8.47. The first-order valence-electron chi connectivity index (χ1n) is 11.7. The summed E-state index contributed by atoms with van der Waals surface area (Å²) in [5.74, 6) is 0.491. The Labute approximate surface area is 211 Å². The number of pyridine rings is 2. The van der Waals surface area contributed by atoms with Gasteiger partial charge in [-0.25, -0.2) is 14.6 Å². The number of benzene rings is 1. The third kappa shape index (κ3) is 4.72. The van der Waals surface area contributed by atoms with E-state index in [-0.39, 0.29) is 11.9 Å². The SMILES string of the molecule is O=C(NC(Cn1cncn1)c1ccccc1)c1cc(-c2cccnc2)nc2c1cnn2Cc1ccco1. The van der Waals surface area contributed by atoms with Gasteiger partial charge in [-0.3, -0.25) is 14.5 Å². The Bertz CT molecular complexity index is 1610. The highest BCUT2D eigenvalue weighted by molar-refractivity contribution is 6.06. The maximum atomic E-state index is 13.8. The van der Waals surface area contributed by atoms with Crippen LogP contribution in [-0.4, -0.2) is 40.4 Å². The lowest BCUT2D eigenvalue weighted by Gasteiger charge is -2.20. The number of nitrogens with zero attached hydrogens (tertiary/aromatic N) is 7. The third-order valence-electron chi connectivity index (χ3n) is 6.04. The van der Waals surface area contributed by atoms with E-state index in [1.165, 1.54) is 6.33 Å². The van der Waals surface area contributed by atoms with Crippen LogP contribution in [0.1, 0.15) is 27.7 Å². The van der Waals surface area contributed by atoms with Crippen molar-refractivity contribution in [2.75, 3.05) is 0 Å². The fraction of sp³-hybridized carbons (Fsp3) is 0.111. The summed E-state index contributed by atoms with van der Waals surface area (Å²) < 4.78 is 8.94. The van der Waals surface area contributed by atoms with Crippen LogP contribution in [-0.2, 0) is 13.1 Å². The van der Waals surface area contributed by atoms with E-state index in [0.717, 1.165) is 16.9 Å². The predicted molar refractivity (Wildman–Crippen MR) is 135 cm³/mol. The van der Waals surface area contributed by atoms with Gasteiger partial charge in [0.05, 0.1) is 41.7 Å². The molecule has 0 saturated heterocycles. The highest BCUT2D eigenvalue weighted by atomic mass is 16.3. The van der Waals surface area contributed by atoms with Crippen LogP contribution in [0.3, 0.4) is 0 Å². The van der Waals surface area contributed by atoms with Gasteiger partial charge in [0.15, 0.2) is 5.65 Å². The van der Waals surface area contributed by atoms with Crippen LogP contribution in [0.25, 0.3) is 22.3 Å². The smallest absolute Gasteiger partial charge is 0.252 e. The molecule has 0 aliphatic rings. The minimum atomic E-state index is -0.335. The molecule has 0 aliphatic carbocycles. The van der Waals surface area contributed by atoms with Gasteiger partial charge in [0, 0.05) is 18.0 Å². The van der Waals surface area contributed by atoms with E-state index in [0.29, 0.717) is 35.4 Å². The summed E-state index contributed by atoms with van der Waals surface area (Å²) in [5.41, 5.74) is 3.42. The van der Waals surface area contributed by atoms with Gasteiger partial charge < -0.3 is 9.73 Å². The summed E-state index contributed by atoms with van der Waals surface area (Å²) >= 11 is 0. The van der Waals surface area contributed by atoms with Crippen molar-refractivity contribution in [3.05, 3.63) is 115 Å². The zero-order valence-corrected chi connectivity index (χ0v) is 19.7. The molecule has 6 aromatic rings. The van der Waals surface area contributed by atoms with E-state index in [1.54, 1.807) is 46.6 Å². The number of hydrogen-bond donors (Lipinski definition) is 1. The molecule has 0 fully saturated rings. The Balaban J connectivity index is 1.41. The van der Waals surface area contributed by atoms with Gasteiger partial charge in [-0.15, -0.1) is 0 Å². The number of furan rings is 1. The van der Waals surface area contributed by atoms with E-state index in [9.17, 15) is 4.79 Å². The molecule has 0 spiro atoms. The van der Waals surface area contributed by atoms with Gasteiger partial charge in [0.25, 0.3) is 5.91 Å². The molecule has 6 rings (SSSR count). The molecule has 0 saturated carbocycles. The Kier molecular flexibility index (Phi) is 5.96. The Morgan fingerprint density at radius 1 is 1.00 bits per heavy atom. The molecule has 0 radical (unpaired) electrons. The van der Waals surface area contributed by atoms with Crippen LogP contribution in [0.5, 0.6) is 0 Å². The molecule has 182 valence electrons. The van der Waals surface area contributed by atoms with E-state index >= 15 is 0 Å². The monoisotopic (exact) mass is 490 g/mol. The van der Waals surface area contributed by atoms with Crippen molar-refractivity contribution in [3.8, 4) is 11.3 Å². The maximum absolute atomic E-state index is 13.8. The fourth-order valence-electron chi connectivity index (χ4n) is 4.23. The summed E-state index contributed by atoms with van der Waals surface area (Å²) in [5, 5.41) is 12.6. The van der Waals surface area contributed by atoms with Crippen LogP contribution >= 0.6 is 0 Å². The van der Waals surface area contributed by atoms with Crippen molar-refractivity contribution in [2.24, 2.45) is 0 Å². The summed E-state index contributed by atoms with van der Waals surface area (Å²) in [4.78, 5) is 26.9. The molecule has 1 unspecified atom stereocenters. The average molecular weight is 491 g/mol. The third-order valence-corrected chi connectivity index (χ3v) is 6.04. The Hall–Kier alpha value is -5.12. The molecule has 1 amide bonds. The van der Waals surface area contributed by atoms with Crippen LogP contribution in [0, 0.1) is 0 Å². The van der Waals surface area contributed by atoms with Gasteiger partial charge in [-0.2, -0.15) is 10.2 Å². The number of fused-ring (bicyclic) bond motifs is 1. The molecule has 10 heteroatoms. The lowest BCUT2D eigenvalue weighted by atomic mass is 10.0. The van der Waals surface area contributed by atoms with Gasteiger partial charge in [0.1, 0.15) is 25.0 Å². The van der Waals surface area contributed by atoms with E-state index in [2.05, 4.69) is 25.5 Å². The fourth-order valence-corrected chi connectivity index (χ4v) is 4.23. The number of hydrogen-bond acceptors (Lipinski definition) is 7. The summed E-state index contributed by atoms with van der Waals surface area (Å²) in [6.07, 6.45) is 9.82. The molecule has 0 bridgehead atoms. The van der Waals surface area contributed by atoms with Gasteiger partial charge in [0.2, 0.25) is 0 Å². The number of carbonyl (C=O) groups excluding carboxylic acids is 1. The Morgan fingerprint density at radius 2 is 1.92 bits per heavy atom. The van der Waals surface area contributed by atoms with Crippen LogP contribution in [0.2, 0.25) is 0 Å². The second-order valence-electron chi connectivity index (χ2n) is 8.47. The molecule has 5 heterocycles. The van der Waals surface area contributed by atoms with E-state index in [1.807, 2.05) is 54.6 Å². The molecule has 37 heavy (non-hydrogen) atoms. The highest BCUT2D eigenvalue weighted by Gasteiger charge is 2.22. The van der Waals surface area contributed by atoms with Crippen LogP contribution < -0.4 is 5.32 Å². The van der Waals surface area contributed by atoms with Crippen molar-refractivity contribution >= 4 is 16.9 Å². The molecule has 10 nitrogen and oxygen atoms in total. The molecule has 0 aliphatic heterocycles. The first kappa shape index (κ1) is 22.4. The number of rotatable bonds is 8. The number of aromatic nitrogens is 7. The van der Waals surface area contributed by atoms with Crippen molar-refractivity contribution in [3.63, 3.8) is 0 Å². The van der Waals surface area contributed by atoms with Gasteiger partial charge in [-0.05, 0) is 35.9 Å². The highest BCUT2D eigenvalue weighted by Crippen LogP contribution is 2.26. The normalized spacial score (nSPS) is 12.0. The molecular formula is C27H22N8O2. The van der Waals surface area contributed by atoms with Crippen molar-refractivity contribution in [1.29, 1.82) is 0 Å². The number of carbonyl (C=O) groups is 1. The summed E-state index contributed by atoms with van der Waals surface area (Å²) in [6.45, 7) is 0.817. The van der Waals surface area contributed by atoms with Crippen LogP contribution in [0.4, 0.5) is 0 Å². The second kappa shape index (κ2) is 9.86. The summed E-state index contributed by atoms with van der Waals surface area (Å²) in [6, 6.07) is 18.7. The number of nitrogens with one attached hydrogen (secondary N) is 1. The van der Waals surface area contributed by atoms with Gasteiger partial charge in [-0.1, -0.05) is 30.3 Å². The lowest BCUT2D eigenvalue weighted by Crippen LogP contribution is -2.31. The van der Waals surface area contributed by atoms with Crippen molar-refractivity contribution in [2.45, 2.75) is 19.1 Å². The largest absolute Gasteiger partial charge is 0.467 e. The molecular weight excluding hydrogens is 468 g/mol. The minimum Gasteiger partial charge on any atom is -0.467 e. The molecule has 1 atom stereocenters. The van der Waals surface area contributed by atoms with Crippen molar-refractivity contribution < 1.29 is 9.21 Å². The summed E-state index contributed by atoms with van der Waals surface area (Å²) in [7, 11) is 0. The molecule has 1 N–H and O–H groups in total. The molecule has 1 aromatic carbocycles. The van der Waals surface area contributed by atoms with E-state index < -0.39 is 0 Å². The quantitative estimate of drug-likeness (QED) is 0.344. The van der Waals surface area contributed by atoms with Crippen LogP contribution in [0.15, 0.2) is 103 Å². The first-order valence-corrected chi connectivity index (χ1v) is 11.7. The Morgan fingerprint density at radius 3 is 2.68 bits per heavy atom. The number of amides is 1. The first-order chi connectivity index (χ1) is 18.2. The van der Waals surface area contributed by atoms with Crippen molar-refractivity contribution in [1.82, 2.24) is 39.8 Å². The zero-order valence-electron chi connectivity index (χ0n) is 19.7. The zero-order chi connectivity index (χ0) is 25.0.